The van der Waals surface area contributed by atoms with E-state index in [1.165, 1.54) is 10.5 Å². The highest BCUT2D eigenvalue weighted by atomic mass is 16.5. The van der Waals surface area contributed by atoms with Crippen LogP contribution in [-0.4, -0.2) is 17.8 Å². The first-order valence-electron chi connectivity index (χ1n) is 11.7. The van der Waals surface area contributed by atoms with Crippen LogP contribution in [0.15, 0.2) is 72.8 Å². The molecule has 2 fully saturated rings. The fourth-order valence-corrected chi connectivity index (χ4v) is 5.18. The number of amides is 2. The lowest BCUT2D eigenvalue weighted by molar-refractivity contribution is -0.122. The molecule has 0 N–H and O–H groups in total. The molecule has 5 nitrogen and oxygen atoms in total. The molecule has 2 aliphatic rings. The number of rotatable bonds is 4. The van der Waals surface area contributed by atoms with Crippen LogP contribution >= 0.6 is 0 Å². The summed E-state index contributed by atoms with van der Waals surface area (Å²) in [6.07, 6.45) is 2.25. The average molecular weight is 454 g/mol. The highest BCUT2D eigenvalue weighted by Crippen LogP contribution is 2.45. The molecule has 5 heteroatoms. The molecule has 0 aromatic heterocycles. The number of carbonyl (C=O) groups is 3. The van der Waals surface area contributed by atoms with Crippen LogP contribution in [0.25, 0.3) is 0 Å². The SMILES string of the molecule is Cc1ccc(OC(=O)c2cccc(N3C(=O)[C@H]4CC[C@H](c5ccccc5)C[C@@H]4C3=O)c2)cc1C. The van der Waals surface area contributed by atoms with Gasteiger partial charge in [0.25, 0.3) is 0 Å². The second-order valence-electron chi connectivity index (χ2n) is 9.33. The molecule has 1 heterocycles. The molecule has 1 saturated carbocycles. The van der Waals surface area contributed by atoms with Gasteiger partial charge in [0.15, 0.2) is 0 Å². The Hall–Kier alpha value is -3.73. The van der Waals surface area contributed by atoms with Gasteiger partial charge in [-0.1, -0.05) is 42.5 Å². The van der Waals surface area contributed by atoms with Gasteiger partial charge in [-0.3, -0.25) is 14.5 Å². The largest absolute Gasteiger partial charge is 0.423 e. The van der Waals surface area contributed by atoms with E-state index in [9.17, 15) is 14.4 Å². The zero-order valence-electron chi connectivity index (χ0n) is 19.4. The number of carbonyl (C=O) groups excluding carboxylic acids is 3. The van der Waals surface area contributed by atoms with E-state index in [1.54, 1.807) is 30.3 Å². The van der Waals surface area contributed by atoms with Crippen LogP contribution in [0.2, 0.25) is 0 Å². The molecule has 0 spiro atoms. The van der Waals surface area contributed by atoms with E-state index >= 15 is 0 Å². The third-order valence-corrected chi connectivity index (χ3v) is 7.23. The van der Waals surface area contributed by atoms with E-state index in [1.807, 2.05) is 44.2 Å². The summed E-state index contributed by atoms with van der Waals surface area (Å²) in [5, 5.41) is 0. The third kappa shape index (κ3) is 4.03. The van der Waals surface area contributed by atoms with E-state index < -0.39 is 5.97 Å². The van der Waals surface area contributed by atoms with Crippen LogP contribution < -0.4 is 9.64 Å². The summed E-state index contributed by atoms with van der Waals surface area (Å²) in [5.74, 6) is -0.735. The van der Waals surface area contributed by atoms with E-state index in [2.05, 4.69) is 12.1 Å². The molecule has 0 bridgehead atoms. The highest BCUT2D eigenvalue weighted by molar-refractivity contribution is 6.22. The predicted molar refractivity (Wildman–Crippen MR) is 130 cm³/mol. The first kappa shape index (κ1) is 22.1. The van der Waals surface area contributed by atoms with Gasteiger partial charge >= 0.3 is 5.97 Å². The standard InChI is InChI=1S/C29H27NO4/c1-18-11-13-24(15-19(18)2)34-29(33)22-9-6-10-23(16-22)30-27(31)25-14-12-21(17-26(25)28(30)32)20-7-4-3-5-8-20/h3-11,13,15-16,21,25-26H,12,14,17H2,1-2H3/t21-,25-,26-/m0/s1. The van der Waals surface area contributed by atoms with Crippen molar-refractivity contribution in [3.05, 3.63) is 95.1 Å². The van der Waals surface area contributed by atoms with Crippen molar-refractivity contribution in [2.24, 2.45) is 11.8 Å². The number of esters is 1. The second kappa shape index (κ2) is 8.90. The molecule has 1 aliphatic carbocycles. The van der Waals surface area contributed by atoms with Gasteiger partial charge in [0, 0.05) is 0 Å². The maximum absolute atomic E-state index is 13.4. The van der Waals surface area contributed by atoms with Crippen molar-refractivity contribution < 1.29 is 19.1 Å². The number of nitrogens with zero attached hydrogens (tertiary/aromatic N) is 1. The minimum absolute atomic E-state index is 0.166. The van der Waals surface area contributed by atoms with Crippen LogP contribution in [0.3, 0.4) is 0 Å². The first-order chi connectivity index (χ1) is 16.4. The number of aryl methyl sites for hydroxylation is 2. The van der Waals surface area contributed by atoms with E-state index in [0.29, 0.717) is 29.8 Å². The monoisotopic (exact) mass is 453 g/mol. The number of benzene rings is 3. The van der Waals surface area contributed by atoms with Gasteiger partial charge in [-0.25, -0.2) is 4.79 Å². The molecule has 2 amide bonds. The summed E-state index contributed by atoms with van der Waals surface area (Å²) >= 11 is 0. The molecule has 0 unspecified atom stereocenters. The van der Waals surface area contributed by atoms with Crippen molar-refractivity contribution in [3.63, 3.8) is 0 Å². The number of imide groups is 1. The second-order valence-corrected chi connectivity index (χ2v) is 9.33. The summed E-state index contributed by atoms with van der Waals surface area (Å²) in [6.45, 7) is 3.95. The van der Waals surface area contributed by atoms with Crippen LogP contribution in [0, 0.1) is 25.7 Å². The summed E-state index contributed by atoms with van der Waals surface area (Å²) in [5.41, 5.74) is 4.09. The van der Waals surface area contributed by atoms with Gasteiger partial charge in [-0.15, -0.1) is 0 Å². The summed E-state index contributed by atoms with van der Waals surface area (Å²) in [4.78, 5) is 40.6. The zero-order chi connectivity index (χ0) is 23.8. The Morgan fingerprint density at radius 1 is 0.824 bits per heavy atom. The Labute approximate surface area is 199 Å². The smallest absolute Gasteiger partial charge is 0.343 e. The maximum Gasteiger partial charge on any atom is 0.343 e. The van der Waals surface area contributed by atoms with Crippen molar-refractivity contribution in [1.29, 1.82) is 0 Å². The molecule has 3 aromatic rings. The van der Waals surface area contributed by atoms with Gasteiger partial charge in [-0.2, -0.15) is 0 Å². The Balaban J connectivity index is 1.35. The lowest BCUT2D eigenvalue weighted by Gasteiger charge is -2.28. The lowest BCUT2D eigenvalue weighted by Crippen LogP contribution is -2.31. The quantitative estimate of drug-likeness (QED) is 0.293. The Morgan fingerprint density at radius 2 is 1.59 bits per heavy atom. The van der Waals surface area contributed by atoms with E-state index in [4.69, 9.17) is 4.74 Å². The molecular formula is C29H27NO4. The maximum atomic E-state index is 13.4. The predicted octanol–water partition coefficient (Wildman–Crippen LogP) is 5.60. The Kier molecular flexibility index (Phi) is 5.78. The Bertz CT molecular complexity index is 1270. The molecule has 34 heavy (non-hydrogen) atoms. The van der Waals surface area contributed by atoms with Gasteiger partial charge in [-0.05, 0) is 86.1 Å². The normalized spacial score (nSPS) is 21.9. The summed E-state index contributed by atoms with van der Waals surface area (Å²) in [6, 6.07) is 22.3. The fourth-order valence-electron chi connectivity index (χ4n) is 5.18. The van der Waals surface area contributed by atoms with Crippen molar-refractivity contribution in [3.8, 4) is 5.75 Å². The zero-order valence-corrected chi connectivity index (χ0v) is 19.4. The minimum atomic E-state index is -0.522. The van der Waals surface area contributed by atoms with Crippen LogP contribution in [0.5, 0.6) is 5.75 Å². The van der Waals surface area contributed by atoms with Crippen molar-refractivity contribution >= 4 is 23.5 Å². The van der Waals surface area contributed by atoms with Crippen molar-refractivity contribution in [1.82, 2.24) is 0 Å². The van der Waals surface area contributed by atoms with Crippen LogP contribution in [0.4, 0.5) is 5.69 Å². The van der Waals surface area contributed by atoms with Crippen molar-refractivity contribution in [2.75, 3.05) is 4.90 Å². The average Bonchev–Trinajstić information content (AvgIpc) is 3.11. The molecule has 1 aliphatic heterocycles. The van der Waals surface area contributed by atoms with E-state index in [-0.39, 0.29) is 29.6 Å². The molecule has 1 saturated heterocycles. The topological polar surface area (TPSA) is 63.7 Å². The lowest BCUT2D eigenvalue weighted by atomic mass is 9.73. The molecule has 5 rings (SSSR count). The summed E-state index contributed by atoms with van der Waals surface area (Å²) < 4.78 is 5.54. The van der Waals surface area contributed by atoms with Crippen LogP contribution in [-0.2, 0) is 9.59 Å². The highest BCUT2D eigenvalue weighted by Gasteiger charge is 2.50. The number of ether oxygens (including phenoxy) is 1. The minimum Gasteiger partial charge on any atom is -0.423 e. The molecule has 0 radical (unpaired) electrons. The van der Waals surface area contributed by atoms with Crippen LogP contribution in [0.1, 0.15) is 52.2 Å². The molecule has 172 valence electrons. The molecule has 3 atom stereocenters. The molecule has 3 aromatic carbocycles. The van der Waals surface area contributed by atoms with Gasteiger partial charge in [0.2, 0.25) is 11.8 Å². The summed E-state index contributed by atoms with van der Waals surface area (Å²) in [7, 11) is 0. The van der Waals surface area contributed by atoms with Gasteiger partial charge in [0.1, 0.15) is 5.75 Å². The van der Waals surface area contributed by atoms with Gasteiger partial charge < -0.3 is 4.74 Å². The third-order valence-electron chi connectivity index (χ3n) is 7.23. The van der Waals surface area contributed by atoms with E-state index in [0.717, 1.165) is 17.5 Å². The number of anilines is 1. The fraction of sp³-hybridized carbons (Fsp3) is 0.276. The van der Waals surface area contributed by atoms with Crippen molar-refractivity contribution in [2.45, 2.75) is 39.0 Å². The number of hydrogen-bond donors (Lipinski definition) is 0. The first-order valence-corrected chi connectivity index (χ1v) is 11.7. The van der Waals surface area contributed by atoms with Gasteiger partial charge in [0.05, 0.1) is 23.1 Å². The molecular weight excluding hydrogens is 426 g/mol. The Morgan fingerprint density at radius 3 is 2.35 bits per heavy atom. The number of fused-ring (bicyclic) bond motifs is 1. The number of hydrogen-bond acceptors (Lipinski definition) is 4.